The Balaban J connectivity index is 1.87. The fourth-order valence-electron chi connectivity index (χ4n) is 3.05. The largest absolute Gasteiger partial charge is 0.357 e. The van der Waals surface area contributed by atoms with Gasteiger partial charge in [0.05, 0.1) is 0 Å². The van der Waals surface area contributed by atoms with Crippen molar-refractivity contribution in [3.05, 3.63) is 5.82 Å². The van der Waals surface area contributed by atoms with Gasteiger partial charge >= 0.3 is 0 Å². The van der Waals surface area contributed by atoms with Gasteiger partial charge < -0.3 is 9.88 Å². The van der Waals surface area contributed by atoms with Crippen molar-refractivity contribution in [2.45, 2.75) is 25.2 Å². The minimum Gasteiger partial charge on any atom is -0.357 e. The Morgan fingerprint density at radius 2 is 2.00 bits per heavy atom. The average Bonchev–Trinajstić information content (AvgIpc) is 2.62. The zero-order chi connectivity index (χ0) is 9.71. The third-order valence-corrected chi connectivity index (χ3v) is 3.84. The normalized spacial score (nSPS) is 34.3. The first kappa shape index (κ1) is 8.26. The Morgan fingerprint density at radius 3 is 2.57 bits per heavy atom. The Hall–Kier alpha value is -1.06. The second-order valence-electron chi connectivity index (χ2n) is 4.48. The molecule has 0 spiro atoms. The van der Waals surface area contributed by atoms with Crippen molar-refractivity contribution in [1.29, 1.82) is 0 Å². The van der Waals surface area contributed by atoms with Gasteiger partial charge in [-0.15, -0.1) is 10.2 Å². The van der Waals surface area contributed by atoms with Crippen LogP contribution in [-0.2, 0) is 7.05 Å². The second-order valence-corrected chi connectivity index (χ2v) is 4.48. The molecule has 0 radical (unpaired) electrons. The van der Waals surface area contributed by atoms with Gasteiger partial charge in [-0.05, 0) is 24.7 Å². The lowest BCUT2D eigenvalue weighted by atomic mass is 10.1. The van der Waals surface area contributed by atoms with E-state index < -0.39 is 0 Å². The summed E-state index contributed by atoms with van der Waals surface area (Å²) in [5, 5.41) is 11.5. The molecule has 0 bridgehead atoms. The van der Waals surface area contributed by atoms with Crippen molar-refractivity contribution in [3.8, 4) is 0 Å². The number of hydrogen-bond acceptors (Lipinski definition) is 3. The van der Waals surface area contributed by atoms with Gasteiger partial charge in [0.25, 0.3) is 0 Å². The number of nitrogens with zero attached hydrogens (tertiary/aromatic N) is 3. The zero-order valence-electron chi connectivity index (χ0n) is 8.70. The molecule has 0 amide bonds. The van der Waals surface area contributed by atoms with E-state index in [1.165, 1.54) is 25.1 Å². The van der Waals surface area contributed by atoms with E-state index in [2.05, 4.69) is 27.1 Å². The summed E-state index contributed by atoms with van der Waals surface area (Å²) in [5.41, 5.74) is 0. The van der Waals surface area contributed by atoms with Gasteiger partial charge in [-0.1, -0.05) is 6.42 Å². The Labute approximate surface area is 83.7 Å². The van der Waals surface area contributed by atoms with Crippen molar-refractivity contribution in [2.24, 2.45) is 18.9 Å². The van der Waals surface area contributed by atoms with E-state index in [0.717, 1.165) is 17.8 Å². The predicted octanol–water partition coefficient (Wildman–Crippen LogP) is 1.37. The van der Waals surface area contributed by atoms with Gasteiger partial charge in [-0.2, -0.15) is 0 Å². The molecule has 14 heavy (non-hydrogen) atoms. The first-order chi connectivity index (χ1) is 6.83. The molecule has 2 fully saturated rings. The van der Waals surface area contributed by atoms with E-state index >= 15 is 0 Å². The van der Waals surface area contributed by atoms with Gasteiger partial charge in [-0.25, -0.2) is 0 Å². The fourth-order valence-corrected chi connectivity index (χ4v) is 3.05. The number of nitrogens with one attached hydrogen (secondary N) is 1. The highest BCUT2D eigenvalue weighted by Crippen LogP contribution is 2.62. The van der Waals surface area contributed by atoms with Crippen LogP contribution < -0.4 is 5.32 Å². The van der Waals surface area contributed by atoms with Crippen LogP contribution in [0.1, 0.15) is 31.0 Å². The molecule has 2 unspecified atom stereocenters. The summed E-state index contributed by atoms with van der Waals surface area (Å²) in [4.78, 5) is 0. The van der Waals surface area contributed by atoms with Gasteiger partial charge in [0, 0.05) is 20.0 Å². The van der Waals surface area contributed by atoms with E-state index in [1.54, 1.807) is 0 Å². The van der Waals surface area contributed by atoms with Crippen LogP contribution in [0.5, 0.6) is 0 Å². The molecule has 1 aromatic rings. The monoisotopic (exact) mass is 192 g/mol. The minimum absolute atomic E-state index is 0.711. The summed E-state index contributed by atoms with van der Waals surface area (Å²) in [7, 11) is 3.94. The van der Waals surface area contributed by atoms with Crippen LogP contribution >= 0.6 is 0 Å². The van der Waals surface area contributed by atoms with Gasteiger partial charge in [0.2, 0.25) is 5.95 Å². The molecule has 4 nitrogen and oxygen atoms in total. The number of hydrogen-bond donors (Lipinski definition) is 1. The van der Waals surface area contributed by atoms with Gasteiger partial charge in [-0.3, -0.25) is 0 Å². The summed E-state index contributed by atoms with van der Waals surface area (Å²) in [6.45, 7) is 0. The lowest BCUT2D eigenvalue weighted by Gasteiger charge is -2.04. The standard InChI is InChI=1S/C10H16N4/c1-11-10-13-12-9(14(10)2)8-6-4-3-5-7(6)8/h6-8H,3-5H2,1-2H3,(H,11,13). The lowest BCUT2D eigenvalue weighted by Crippen LogP contribution is -2.03. The van der Waals surface area contributed by atoms with E-state index in [0.29, 0.717) is 5.92 Å². The summed E-state index contributed by atoms with van der Waals surface area (Å²) in [6.07, 6.45) is 4.22. The first-order valence-corrected chi connectivity index (χ1v) is 5.40. The molecule has 1 heterocycles. The minimum atomic E-state index is 0.711. The maximum absolute atomic E-state index is 4.28. The number of rotatable bonds is 2. The molecule has 1 aromatic heterocycles. The fraction of sp³-hybridized carbons (Fsp3) is 0.800. The number of aromatic nitrogens is 3. The van der Waals surface area contributed by atoms with Crippen LogP contribution in [0.3, 0.4) is 0 Å². The van der Waals surface area contributed by atoms with E-state index in [1.807, 2.05) is 7.05 Å². The summed E-state index contributed by atoms with van der Waals surface area (Å²) >= 11 is 0. The molecule has 2 aliphatic carbocycles. The molecule has 0 saturated heterocycles. The highest BCUT2D eigenvalue weighted by molar-refractivity contribution is 5.28. The van der Waals surface area contributed by atoms with Crippen LogP contribution in [-0.4, -0.2) is 21.8 Å². The van der Waals surface area contributed by atoms with Crippen molar-refractivity contribution in [2.75, 3.05) is 12.4 Å². The second kappa shape index (κ2) is 2.72. The van der Waals surface area contributed by atoms with Gasteiger partial charge in [0.1, 0.15) is 5.82 Å². The Morgan fingerprint density at radius 1 is 1.29 bits per heavy atom. The van der Waals surface area contributed by atoms with E-state index in [9.17, 15) is 0 Å². The number of anilines is 1. The molecule has 76 valence electrons. The van der Waals surface area contributed by atoms with E-state index in [4.69, 9.17) is 0 Å². The SMILES string of the molecule is CNc1nnc(C2C3CCCC32)n1C. The highest BCUT2D eigenvalue weighted by atomic mass is 15.3. The van der Waals surface area contributed by atoms with Crippen molar-refractivity contribution < 1.29 is 0 Å². The van der Waals surface area contributed by atoms with Crippen LogP contribution in [0.15, 0.2) is 0 Å². The third kappa shape index (κ3) is 0.938. The van der Waals surface area contributed by atoms with Crippen molar-refractivity contribution in [1.82, 2.24) is 14.8 Å². The van der Waals surface area contributed by atoms with Crippen molar-refractivity contribution >= 4 is 5.95 Å². The lowest BCUT2D eigenvalue weighted by molar-refractivity contribution is 0.637. The van der Waals surface area contributed by atoms with Crippen LogP contribution in [0.4, 0.5) is 5.95 Å². The predicted molar refractivity (Wildman–Crippen MR) is 54.1 cm³/mol. The maximum atomic E-state index is 4.28. The molecule has 1 N–H and O–H groups in total. The molecule has 2 saturated carbocycles. The molecular weight excluding hydrogens is 176 g/mol. The summed E-state index contributed by atoms with van der Waals surface area (Å²) in [6, 6.07) is 0. The molecule has 3 rings (SSSR count). The van der Waals surface area contributed by atoms with Crippen LogP contribution in [0.2, 0.25) is 0 Å². The summed E-state index contributed by atoms with van der Waals surface area (Å²) in [5.74, 6) is 4.61. The highest BCUT2D eigenvalue weighted by Gasteiger charge is 2.55. The van der Waals surface area contributed by atoms with E-state index in [-0.39, 0.29) is 0 Å². The number of fused-ring (bicyclic) bond motifs is 1. The first-order valence-electron chi connectivity index (χ1n) is 5.40. The van der Waals surface area contributed by atoms with Crippen LogP contribution in [0, 0.1) is 11.8 Å². The smallest absolute Gasteiger partial charge is 0.224 e. The summed E-state index contributed by atoms with van der Waals surface area (Å²) < 4.78 is 2.10. The quantitative estimate of drug-likeness (QED) is 0.769. The third-order valence-electron chi connectivity index (χ3n) is 3.84. The zero-order valence-corrected chi connectivity index (χ0v) is 8.70. The Kier molecular flexibility index (Phi) is 1.60. The molecule has 0 aromatic carbocycles. The molecule has 4 heteroatoms. The molecular formula is C10H16N4. The average molecular weight is 192 g/mol. The maximum Gasteiger partial charge on any atom is 0.224 e. The van der Waals surface area contributed by atoms with Crippen LogP contribution in [0.25, 0.3) is 0 Å². The molecule has 2 aliphatic rings. The molecule has 0 aliphatic heterocycles. The molecule has 2 atom stereocenters. The van der Waals surface area contributed by atoms with Crippen molar-refractivity contribution in [3.63, 3.8) is 0 Å². The Bertz CT molecular complexity index is 347. The van der Waals surface area contributed by atoms with Gasteiger partial charge in [0.15, 0.2) is 0 Å². The topological polar surface area (TPSA) is 42.7 Å².